The van der Waals surface area contributed by atoms with Crippen molar-refractivity contribution in [2.75, 3.05) is 13.7 Å². The first-order valence-corrected chi connectivity index (χ1v) is 8.31. The lowest BCUT2D eigenvalue weighted by atomic mass is 10.0. The number of rotatable bonds is 12. The van der Waals surface area contributed by atoms with Crippen LogP contribution in [0.5, 0.6) is 11.5 Å². The maximum atomic E-state index is 9.97. The Kier molecular flexibility index (Phi) is 9.67. The lowest BCUT2D eigenvalue weighted by Gasteiger charge is -2.19. The molecule has 0 aromatic heterocycles. The van der Waals surface area contributed by atoms with Crippen LogP contribution in [-0.4, -0.2) is 36.1 Å². The first-order chi connectivity index (χ1) is 10.7. The van der Waals surface area contributed by atoms with E-state index in [2.05, 4.69) is 6.92 Å². The number of aliphatic hydroxyl groups is 2. The summed E-state index contributed by atoms with van der Waals surface area (Å²) in [5.41, 5.74) is 0. The number of para-hydroxylation sites is 2. The van der Waals surface area contributed by atoms with Crippen molar-refractivity contribution in [3.63, 3.8) is 0 Å². The van der Waals surface area contributed by atoms with Crippen molar-refractivity contribution in [1.82, 2.24) is 0 Å². The average Bonchev–Trinajstić information content (AvgIpc) is 2.55. The summed E-state index contributed by atoms with van der Waals surface area (Å²) in [6, 6.07) is 7.28. The Balaban J connectivity index is 2.22. The molecule has 2 atom stereocenters. The monoisotopic (exact) mass is 310 g/mol. The third kappa shape index (κ3) is 7.14. The van der Waals surface area contributed by atoms with Gasteiger partial charge in [0.2, 0.25) is 0 Å². The molecule has 1 rings (SSSR count). The second-order valence-electron chi connectivity index (χ2n) is 5.65. The van der Waals surface area contributed by atoms with Gasteiger partial charge in [0.1, 0.15) is 12.7 Å². The number of aliphatic hydroxyl groups excluding tert-OH is 2. The van der Waals surface area contributed by atoms with E-state index in [1.165, 1.54) is 25.7 Å². The maximum Gasteiger partial charge on any atom is 0.161 e. The third-order valence-electron chi connectivity index (χ3n) is 3.78. The minimum Gasteiger partial charge on any atom is -0.493 e. The predicted octanol–water partition coefficient (Wildman–Crippen LogP) is 3.55. The predicted molar refractivity (Wildman–Crippen MR) is 88.5 cm³/mol. The maximum absolute atomic E-state index is 9.97. The molecule has 0 aliphatic carbocycles. The summed E-state index contributed by atoms with van der Waals surface area (Å²) in [6.45, 7) is 2.26. The molecule has 126 valence electrons. The Hall–Kier alpha value is -1.26. The summed E-state index contributed by atoms with van der Waals surface area (Å²) >= 11 is 0. The summed E-state index contributed by atoms with van der Waals surface area (Å²) in [7, 11) is 1.58. The molecule has 2 unspecified atom stereocenters. The number of ether oxygens (including phenoxy) is 2. The van der Waals surface area contributed by atoms with Crippen LogP contribution < -0.4 is 9.47 Å². The van der Waals surface area contributed by atoms with Gasteiger partial charge in [0.05, 0.1) is 13.2 Å². The molecule has 0 amide bonds. The minimum absolute atomic E-state index is 0.0668. The molecule has 0 saturated carbocycles. The zero-order valence-corrected chi connectivity index (χ0v) is 13.8. The van der Waals surface area contributed by atoms with Crippen LogP contribution in [0.15, 0.2) is 24.3 Å². The highest BCUT2D eigenvalue weighted by molar-refractivity contribution is 5.39. The smallest absolute Gasteiger partial charge is 0.161 e. The molecule has 0 spiro atoms. The van der Waals surface area contributed by atoms with Gasteiger partial charge in [-0.3, -0.25) is 0 Å². The standard InChI is InChI=1S/C18H30O4/c1-3-4-5-6-7-8-11-15(19)16(20)14-22-18-13-10-9-12-17(18)21-2/h9-10,12-13,15-16,19-20H,3-8,11,14H2,1-2H3. The molecule has 0 fully saturated rings. The lowest BCUT2D eigenvalue weighted by Crippen LogP contribution is -2.31. The molecule has 0 aliphatic rings. The van der Waals surface area contributed by atoms with Crippen LogP contribution in [0.4, 0.5) is 0 Å². The van der Waals surface area contributed by atoms with Crippen LogP contribution in [0.3, 0.4) is 0 Å². The molecule has 1 aromatic carbocycles. The normalized spacial score (nSPS) is 13.6. The molecule has 0 aliphatic heterocycles. The first-order valence-electron chi connectivity index (χ1n) is 8.31. The highest BCUT2D eigenvalue weighted by Gasteiger charge is 2.17. The largest absolute Gasteiger partial charge is 0.493 e. The molecule has 0 saturated heterocycles. The highest BCUT2D eigenvalue weighted by atomic mass is 16.5. The Labute approximate surface area is 134 Å². The van der Waals surface area contributed by atoms with Gasteiger partial charge in [-0.1, -0.05) is 57.6 Å². The van der Waals surface area contributed by atoms with Gasteiger partial charge >= 0.3 is 0 Å². The number of hydrogen-bond acceptors (Lipinski definition) is 4. The number of benzene rings is 1. The molecule has 0 bridgehead atoms. The third-order valence-corrected chi connectivity index (χ3v) is 3.78. The van der Waals surface area contributed by atoms with Gasteiger partial charge in [-0.25, -0.2) is 0 Å². The molecular weight excluding hydrogens is 280 g/mol. The second kappa shape index (κ2) is 11.3. The van der Waals surface area contributed by atoms with Gasteiger partial charge in [0.15, 0.2) is 11.5 Å². The van der Waals surface area contributed by atoms with E-state index in [9.17, 15) is 10.2 Å². The molecule has 22 heavy (non-hydrogen) atoms. The quantitative estimate of drug-likeness (QED) is 0.580. The SMILES string of the molecule is CCCCCCCCC(O)C(O)COc1ccccc1OC. The molecule has 4 nitrogen and oxygen atoms in total. The zero-order valence-electron chi connectivity index (χ0n) is 13.8. The van der Waals surface area contributed by atoms with Crippen molar-refractivity contribution >= 4 is 0 Å². The van der Waals surface area contributed by atoms with E-state index in [1.54, 1.807) is 19.2 Å². The van der Waals surface area contributed by atoms with Crippen LogP contribution in [0.25, 0.3) is 0 Å². The molecule has 1 aromatic rings. The van der Waals surface area contributed by atoms with Gasteiger partial charge in [-0.05, 0) is 18.6 Å². The van der Waals surface area contributed by atoms with Crippen molar-refractivity contribution in [3.05, 3.63) is 24.3 Å². The highest BCUT2D eigenvalue weighted by Crippen LogP contribution is 2.26. The van der Waals surface area contributed by atoms with Crippen molar-refractivity contribution in [3.8, 4) is 11.5 Å². The molecule has 0 heterocycles. The van der Waals surface area contributed by atoms with Crippen molar-refractivity contribution in [1.29, 1.82) is 0 Å². The number of hydrogen-bond donors (Lipinski definition) is 2. The topological polar surface area (TPSA) is 58.9 Å². The van der Waals surface area contributed by atoms with Crippen molar-refractivity contribution in [2.45, 2.75) is 64.1 Å². The Morgan fingerprint density at radius 1 is 0.909 bits per heavy atom. The van der Waals surface area contributed by atoms with E-state index in [-0.39, 0.29) is 6.61 Å². The van der Waals surface area contributed by atoms with E-state index >= 15 is 0 Å². The summed E-state index contributed by atoms with van der Waals surface area (Å²) in [5.74, 6) is 1.20. The Morgan fingerprint density at radius 3 is 2.23 bits per heavy atom. The van der Waals surface area contributed by atoms with Gasteiger partial charge in [-0.2, -0.15) is 0 Å². The second-order valence-corrected chi connectivity index (χ2v) is 5.65. The number of methoxy groups -OCH3 is 1. The van der Waals surface area contributed by atoms with E-state index in [4.69, 9.17) is 9.47 Å². The van der Waals surface area contributed by atoms with Crippen molar-refractivity contribution < 1.29 is 19.7 Å². The molecule has 2 N–H and O–H groups in total. The summed E-state index contributed by atoms with van der Waals surface area (Å²) in [6.07, 6.45) is 6.03. The van der Waals surface area contributed by atoms with Crippen LogP contribution in [-0.2, 0) is 0 Å². The van der Waals surface area contributed by atoms with Crippen molar-refractivity contribution in [2.24, 2.45) is 0 Å². The fourth-order valence-electron chi connectivity index (χ4n) is 2.35. The minimum atomic E-state index is -0.874. The molecule has 4 heteroatoms. The first kappa shape index (κ1) is 18.8. The Morgan fingerprint density at radius 2 is 1.55 bits per heavy atom. The summed E-state index contributed by atoms with van der Waals surface area (Å²) < 4.78 is 10.7. The fourth-order valence-corrected chi connectivity index (χ4v) is 2.35. The summed E-state index contributed by atoms with van der Waals surface area (Å²) in [5, 5.41) is 19.9. The average molecular weight is 310 g/mol. The van der Waals surface area contributed by atoms with E-state index in [1.807, 2.05) is 12.1 Å². The van der Waals surface area contributed by atoms with Crippen LogP contribution in [0, 0.1) is 0 Å². The lowest BCUT2D eigenvalue weighted by molar-refractivity contribution is -0.0130. The van der Waals surface area contributed by atoms with Gasteiger partial charge < -0.3 is 19.7 Å². The van der Waals surface area contributed by atoms with E-state index < -0.39 is 12.2 Å². The zero-order chi connectivity index (χ0) is 16.2. The Bertz CT molecular complexity index is 394. The van der Waals surface area contributed by atoms with Gasteiger partial charge in [0.25, 0.3) is 0 Å². The summed E-state index contributed by atoms with van der Waals surface area (Å²) in [4.78, 5) is 0. The number of unbranched alkanes of at least 4 members (excludes halogenated alkanes) is 5. The molecule has 0 radical (unpaired) electrons. The van der Waals surface area contributed by atoms with Crippen LogP contribution in [0.1, 0.15) is 51.9 Å². The molecular formula is C18H30O4. The van der Waals surface area contributed by atoms with E-state index in [0.29, 0.717) is 17.9 Å². The van der Waals surface area contributed by atoms with Crippen LogP contribution in [0.2, 0.25) is 0 Å². The van der Waals surface area contributed by atoms with Crippen LogP contribution >= 0.6 is 0 Å². The van der Waals surface area contributed by atoms with Gasteiger partial charge in [-0.15, -0.1) is 0 Å². The van der Waals surface area contributed by atoms with Gasteiger partial charge in [0, 0.05) is 0 Å². The van der Waals surface area contributed by atoms with E-state index in [0.717, 1.165) is 12.8 Å². The fraction of sp³-hybridized carbons (Fsp3) is 0.667.